The van der Waals surface area contributed by atoms with Gasteiger partial charge in [-0.15, -0.1) is 0 Å². The van der Waals surface area contributed by atoms with Crippen molar-refractivity contribution in [3.05, 3.63) is 36.5 Å². The van der Waals surface area contributed by atoms with Gasteiger partial charge in [-0.25, -0.2) is 0 Å². The highest BCUT2D eigenvalue weighted by Gasteiger charge is 2.19. The van der Waals surface area contributed by atoms with Crippen LogP contribution in [0.4, 0.5) is 0 Å². The Morgan fingerprint density at radius 1 is 0.351 bits per heavy atom. The summed E-state index contributed by atoms with van der Waals surface area (Å²) in [6.07, 6.45) is 52.8. The van der Waals surface area contributed by atoms with Crippen molar-refractivity contribution in [2.75, 3.05) is 13.2 Å². The molecule has 1 unspecified atom stereocenters. The lowest BCUT2D eigenvalue weighted by Crippen LogP contribution is -2.30. The third-order valence-corrected chi connectivity index (χ3v) is 10.6. The van der Waals surface area contributed by atoms with E-state index in [0.717, 1.165) is 77.0 Å². The van der Waals surface area contributed by atoms with E-state index in [9.17, 15) is 14.4 Å². The minimum absolute atomic E-state index is 0.0767. The molecule has 0 saturated heterocycles. The van der Waals surface area contributed by atoms with Gasteiger partial charge < -0.3 is 14.2 Å². The van der Waals surface area contributed by atoms with Crippen LogP contribution in [-0.2, 0) is 28.6 Å². The van der Waals surface area contributed by atoms with Crippen molar-refractivity contribution in [2.24, 2.45) is 0 Å². The third-order valence-electron chi connectivity index (χ3n) is 10.6. The highest BCUT2D eigenvalue weighted by molar-refractivity contribution is 5.71. The zero-order chi connectivity index (χ0) is 41.5. The number of hydrogen-bond donors (Lipinski definition) is 0. The Balaban J connectivity index is 4.28. The normalized spacial score (nSPS) is 12.3. The molecule has 0 heterocycles. The molecule has 0 aromatic carbocycles. The molecule has 0 saturated carbocycles. The minimum atomic E-state index is -0.774. The van der Waals surface area contributed by atoms with Crippen molar-refractivity contribution >= 4 is 17.9 Å². The van der Waals surface area contributed by atoms with Crippen LogP contribution in [0.2, 0.25) is 0 Å². The molecular formula is C51H92O6. The Morgan fingerprint density at radius 2 is 0.632 bits per heavy atom. The van der Waals surface area contributed by atoms with Crippen LogP contribution in [0.3, 0.4) is 0 Å². The maximum atomic E-state index is 12.7. The number of rotatable bonds is 44. The first-order chi connectivity index (χ1) is 28.0. The van der Waals surface area contributed by atoms with Gasteiger partial charge in [0, 0.05) is 19.3 Å². The van der Waals surface area contributed by atoms with Crippen molar-refractivity contribution in [1.82, 2.24) is 0 Å². The van der Waals surface area contributed by atoms with Crippen LogP contribution < -0.4 is 0 Å². The molecule has 332 valence electrons. The molecule has 0 radical (unpaired) electrons. The van der Waals surface area contributed by atoms with E-state index in [-0.39, 0.29) is 31.1 Å². The van der Waals surface area contributed by atoms with Crippen molar-refractivity contribution in [1.29, 1.82) is 0 Å². The van der Waals surface area contributed by atoms with Crippen LogP contribution in [0.1, 0.15) is 252 Å². The summed E-state index contributed by atoms with van der Waals surface area (Å²) in [5, 5.41) is 0. The van der Waals surface area contributed by atoms with Gasteiger partial charge in [-0.05, 0) is 77.0 Å². The highest BCUT2D eigenvalue weighted by Crippen LogP contribution is 2.14. The van der Waals surface area contributed by atoms with Crippen LogP contribution in [0.15, 0.2) is 36.5 Å². The number of carbonyl (C=O) groups is 3. The fourth-order valence-electron chi connectivity index (χ4n) is 6.88. The van der Waals surface area contributed by atoms with Gasteiger partial charge in [-0.1, -0.05) is 192 Å². The summed E-state index contributed by atoms with van der Waals surface area (Å²) in [5.41, 5.74) is 0. The number of unbranched alkanes of at least 4 members (excludes halogenated alkanes) is 27. The maximum absolute atomic E-state index is 12.7. The molecule has 0 aromatic heterocycles. The molecule has 0 N–H and O–H groups in total. The summed E-state index contributed by atoms with van der Waals surface area (Å²) < 4.78 is 16.7. The van der Waals surface area contributed by atoms with Crippen LogP contribution in [0.25, 0.3) is 0 Å². The first-order valence-electron chi connectivity index (χ1n) is 24.5. The maximum Gasteiger partial charge on any atom is 0.306 e. The van der Waals surface area contributed by atoms with E-state index in [0.29, 0.717) is 19.3 Å². The first-order valence-corrected chi connectivity index (χ1v) is 24.5. The lowest BCUT2D eigenvalue weighted by molar-refractivity contribution is -0.167. The van der Waals surface area contributed by atoms with Crippen molar-refractivity contribution in [3.8, 4) is 0 Å². The Hall–Kier alpha value is -2.37. The lowest BCUT2D eigenvalue weighted by atomic mass is 10.1. The quantitative estimate of drug-likeness (QED) is 0.0264. The fraction of sp³-hybridized carbons (Fsp3) is 0.824. The van der Waals surface area contributed by atoms with E-state index in [1.54, 1.807) is 0 Å². The van der Waals surface area contributed by atoms with Crippen molar-refractivity contribution < 1.29 is 28.6 Å². The summed E-state index contributed by atoms with van der Waals surface area (Å²) >= 11 is 0. The van der Waals surface area contributed by atoms with Gasteiger partial charge in [0.2, 0.25) is 0 Å². The van der Waals surface area contributed by atoms with Gasteiger partial charge in [0.15, 0.2) is 6.10 Å². The van der Waals surface area contributed by atoms with E-state index in [4.69, 9.17) is 14.2 Å². The molecule has 6 nitrogen and oxygen atoms in total. The molecule has 0 aliphatic carbocycles. The van der Waals surface area contributed by atoms with Gasteiger partial charge in [0.25, 0.3) is 0 Å². The Kier molecular flexibility index (Phi) is 44.4. The van der Waals surface area contributed by atoms with Gasteiger partial charge in [-0.3, -0.25) is 14.4 Å². The van der Waals surface area contributed by atoms with E-state index >= 15 is 0 Å². The average molecular weight is 801 g/mol. The van der Waals surface area contributed by atoms with E-state index in [1.807, 2.05) is 0 Å². The molecular weight excluding hydrogens is 709 g/mol. The van der Waals surface area contributed by atoms with Gasteiger partial charge >= 0.3 is 17.9 Å². The molecule has 57 heavy (non-hydrogen) atoms. The minimum Gasteiger partial charge on any atom is -0.462 e. The summed E-state index contributed by atoms with van der Waals surface area (Å²) in [6.45, 7) is 6.56. The third kappa shape index (κ3) is 44.6. The topological polar surface area (TPSA) is 78.9 Å². The van der Waals surface area contributed by atoms with Crippen molar-refractivity contribution in [2.45, 2.75) is 258 Å². The number of hydrogen-bond acceptors (Lipinski definition) is 6. The Morgan fingerprint density at radius 3 is 1.00 bits per heavy atom. The number of ether oxygens (including phenoxy) is 3. The predicted octanol–water partition coefficient (Wildman–Crippen LogP) is 15.8. The second-order valence-corrected chi connectivity index (χ2v) is 16.4. The van der Waals surface area contributed by atoms with Crippen LogP contribution in [0, 0.1) is 0 Å². The second-order valence-electron chi connectivity index (χ2n) is 16.4. The zero-order valence-electron chi connectivity index (χ0n) is 37.9. The number of esters is 3. The molecule has 0 rings (SSSR count). The summed E-state index contributed by atoms with van der Waals surface area (Å²) in [6, 6.07) is 0. The lowest BCUT2D eigenvalue weighted by Gasteiger charge is -2.18. The average Bonchev–Trinajstić information content (AvgIpc) is 3.21. The largest absolute Gasteiger partial charge is 0.462 e. The smallest absolute Gasteiger partial charge is 0.306 e. The van der Waals surface area contributed by atoms with Crippen LogP contribution in [0.5, 0.6) is 0 Å². The fourth-order valence-corrected chi connectivity index (χ4v) is 6.88. The molecule has 0 spiro atoms. The Labute approximate surface area is 353 Å². The molecule has 0 aromatic rings. The van der Waals surface area contributed by atoms with Crippen LogP contribution >= 0.6 is 0 Å². The standard InChI is InChI=1S/C51H92O6/c1-4-7-10-13-16-18-20-22-24-25-26-27-29-30-32-35-38-41-44-50(53)56-47-48(46-55-49(52)43-40-37-34-15-12-9-6-3)57-51(54)45-42-39-36-33-31-28-23-21-19-17-14-11-8-5-2/h18,20-21,23-25,48H,4-17,19,22,26-47H2,1-3H3/b20-18-,23-21-,25-24-. The molecule has 0 amide bonds. The predicted molar refractivity (Wildman–Crippen MR) is 242 cm³/mol. The molecule has 0 bridgehead atoms. The van der Waals surface area contributed by atoms with E-state index in [2.05, 4.69) is 57.2 Å². The summed E-state index contributed by atoms with van der Waals surface area (Å²) in [7, 11) is 0. The number of carbonyl (C=O) groups excluding carboxylic acids is 3. The zero-order valence-corrected chi connectivity index (χ0v) is 37.9. The molecule has 0 fully saturated rings. The molecule has 0 aliphatic rings. The van der Waals surface area contributed by atoms with Gasteiger partial charge in [0.1, 0.15) is 13.2 Å². The SMILES string of the molecule is CCCCCC/C=C\C/C=C\CCCCCCCCCC(=O)OCC(COC(=O)CCCCCCCCC)OC(=O)CCCCCCC/C=C\CCCCCCC. The van der Waals surface area contributed by atoms with Gasteiger partial charge in [0.05, 0.1) is 0 Å². The van der Waals surface area contributed by atoms with Crippen LogP contribution in [-0.4, -0.2) is 37.2 Å². The number of allylic oxidation sites excluding steroid dienone is 6. The highest BCUT2D eigenvalue weighted by atomic mass is 16.6. The molecule has 1 atom stereocenters. The summed E-state index contributed by atoms with van der Waals surface area (Å²) in [4.78, 5) is 37.7. The second kappa shape index (κ2) is 46.3. The Bertz CT molecular complexity index is 969. The van der Waals surface area contributed by atoms with Gasteiger partial charge in [-0.2, -0.15) is 0 Å². The monoisotopic (exact) mass is 801 g/mol. The molecule has 0 aliphatic heterocycles. The van der Waals surface area contributed by atoms with E-state index in [1.165, 1.54) is 135 Å². The van der Waals surface area contributed by atoms with E-state index < -0.39 is 6.10 Å². The first kappa shape index (κ1) is 54.6. The summed E-state index contributed by atoms with van der Waals surface area (Å²) in [5.74, 6) is -0.895. The van der Waals surface area contributed by atoms with Crippen molar-refractivity contribution in [3.63, 3.8) is 0 Å². The molecule has 6 heteroatoms.